The van der Waals surface area contributed by atoms with Crippen LogP contribution in [-0.2, 0) is 13.0 Å². The van der Waals surface area contributed by atoms with E-state index in [1.165, 1.54) is 0 Å². The van der Waals surface area contributed by atoms with Crippen LogP contribution in [0.4, 0.5) is 23.0 Å². The summed E-state index contributed by atoms with van der Waals surface area (Å²) >= 11 is 0. The molecule has 2 aromatic carbocycles. The van der Waals surface area contributed by atoms with Crippen LogP contribution in [0.5, 0.6) is 0 Å². The molecule has 1 aliphatic rings. The van der Waals surface area contributed by atoms with Crippen LogP contribution in [0.1, 0.15) is 43.5 Å². The summed E-state index contributed by atoms with van der Waals surface area (Å²) in [6.07, 6.45) is 13.8. The minimum atomic E-state index is -0.123. The molecule has 0 aliphatic heterocycles. The molecule has 1 aliphatic carbocycles. The highest BCUT2D eigenvalue weighted by Gasteiger charge is 2.30. The van der Waals surface area contributed by atoms with Gasteiger partial charge in [0.1, 0.15) is 0 Å². The van der Waals surface area contributed by atoms with Gasteiger partial charge in [0.2, 0.25) is 5.95 Å². The first-order chi connectivity index (χ1) is 25.4. The fourth-order valence-corrected chi connectivity index (χ4v) is 6.02. The number of aromatic nitrogens is 6. The number of allylic oxidation sites excluding steroid dienone is 4. The number of aryl methyl sites for hydroxylation is 1. The number of benzene rings is 2. The topological polar surface area (TPSA) is 131 Å². The predicted octanol–water partition coefficient (Wildman–Crippen LogP) is 9.38. The number of hydrogen-bond donors (Lipinski definition) is 4. The van der Waals surface area contributed by atoms with Gasteiger partial charge in [0.25, 0.3) is 0 Å². The molecule has 0 bridgehead atoms. The zero-order valence-corrected chi connectivity index (χ0v) is 30.9. The Bertz CT molecular complexity index is 2160. The second-order valence-corrected chi connectivity index (χ2v) is 13.4. The van der Waals surface area contributed by atoms with Crippen molar-refractivity contribution in [2.45, 2.75) is 46.6 Å². The van der Waals surface area contributed by atoms with Gasteiger partial charge in [0.05, 0.1) is 17.9 Å². The van der Waals surface area contributed by atoms with Gasteiger partial charge in [-0.15, -0.1) is 11.7 Å². The van der Waals surface area contributed by atoms with E-state index in [0.717, 1.165) is 86.9 Å². The Balaban J connectivity index is 0.00000175. The second kappa shape index (κ2) is 17.1. The standard InChI is InChI=1S/C40H42N10.C3H6/c1-26-14-16-40(6,21-35-25-50(49-48-35)24-28(3)41)22-36(26)30(5)45-33-11-7-9-31(20-33)29(4)44-34-12-13-37(27(2)19-34)46-39-43-18-15-38(47-39)32-10-8-17-42-23-32;1-3-2/h7-13,15,17-20,22-23,25,44-45H,1,3-5,14,16,21,24,41H2,2,6H3,(H,43,46,47);3H,1H2,2H3/t40-;/m1./s1. The summed E-state index contributed by atoms with van der Waals surface area (Å²) in [5.41, 5.74) is 17.2. The summed E-state index contributed by atoms with van der Waals surface area (Å²) in [4.78, 5) is 13.3. The van der Waals surface area contributed by atoms with Crippen molar-refractivity contribution in [3.63, 3.8) is 0 Å². The van der Waals surface area contributed by atoms with Crippen LogP contribution in [0, 0.1) is 12.3 Å². The summed E-state index contributed by atoms with van der Waals surface area (Å²) in [7, 11) is 0. The lowest BCUT2D eigenvalue weighted by molar-refractivity contribution is 0.373. The Kier molecular flexibility index (Phi) is 12.2. The fraction of sp³-hybridized carbons (Fsp3) is 0.186. The van der Waals surface area contributed by atoms with Crippen LogP contribution in [0.15, 0.2) is 153 Å². The minimum Gasteiger partial charge on any atom is -0.401 e. The molecule has 0 radical (unpaired) electrons. The SMILES string of the molecule is C=C(N)Cn1cc(C[C@]2(C)C=C(C(=C)Nc3cccc(C(=C)Nc4ccc(Nc5nccc(-c6cccnc6)n5)c(C)c4)c3)C(=C)CC2)nn1.C=CC. The molecule has 0 unspecified atom stereocenters. The molecule has 10 nitrogen and oxygen atoms in total. The number of hydrogen-bond acceptors (Lipinski definition) is 9. The number of pyridine rings is 1. The van der Waals surface area contributed by atoms with Gasteiger partial charge in [-0.1, -0.05) is 62.7 Å². The van der Waals surface area contributed by atoms with Crippen molar-refractivity contribution >= 4 is 28.7 Å². The van der Waals surface area contributed by atoms with Gasteiger partial charge in [-0.25, -0.2) is 14.6 Å². The molecule has 0 spiro atoms. The van der Waals surface area contributed by atoms with E-state index in [4.69, 9.17) is 5.73 Å². The fourth-order valence-electron chi connectivity index (χ4n) is 6.02. The molecule has 3 aromatic heterocycles. The highest BCUT2D eigenvalue weighted by atomic mass is 15.4. The average Bonchev–Trinajstić information content (AvgIpc) is 3.56. The largest absolute Gasteiger partial charge is 0.401 e. The van der Waals surface area contributed by atoms with Crippen LogP contribution in [0.3, 0.4) is 0 Å². The Morgan fingerprint density at radius 1 is 1.00 bits per heavy atom. The number of nitrogens with two attached hydrogens (primary N) is 1. The first-order valence-corrected chi connectivity index (χ1v) is 17.4. The van der Waals surface area contributed by atoms with E-state index in [0.29, 0.717) is 18.2 Å². The molecule has 53 heavy (non-hydrogen) atoms. The molecule has 1 atom stereocenters. The molecule has 0 fully saturated rings. The van der Waals surface area contributed by atoms with Crippen LogP contribution in [0.25, 0.3) is 17.0 Å². The van der Waals surface area contributed by atoms with Gasteiger partial charge >= 0.3 is 0 Å². The third-order valence-corrected chi connectivity index (χ3v) is 8.62. The average molecular weight is 705 g/mol. The lowest BCUT2D eigenvalue weighted by Gasteiger charge is -2.33. The van der Waals surface area contributed by atoms with Gasteiger partial charge < -0.3 is 21.7 Å². The normalized spacial score (nSPS) is 14.9. The monoisotopic (exact) mass is 704 g/mol. The number of nitrogens with zero attached hydrogens (tertiary/aromatic N) is 6. The highest BCUT2D eigenvalue weighted by Crippen LogP contribution is 2.41. The van der Waals surface area contributed by atoms with E-state index in [1.807, 2.05) is 68.6 Å². The zero-order chi connectivity index (χ0) is 38.0. The van der Waals surface area contributed by atoms with Crippen LogP contribution < -0.4 is 21.7 Å². The molecule has 6 rings (SSSR count). The maximum absolute atomic E-state index is 5.75. The maximum Gasteiger partial charge on any atom is 0.227 e. The lowest BCUT2D eigenvalue weighted by Crippen LogP contribution is -2.23. The summed E-state index contributed by atoms with van der Waals surface area (Å²) in [5, 5.41) is 18.9. The zero-order valence-electron chi connectivity index (χ0n) is 30.9. The Morgan fingerprint density at radius 3 is 2.51 bits per heavy atom. The molecule has 10 heteroatoms. The predicted molar refractivity (Wildman–Crippen MR) is 219 cm³/mol. The van der Waals surface area contributed by atoms with E-state index in [1.54, 1.807) is 29.3 Å². The molecule has 5 aromatic rings. The summed E-state index contributed by atoms with van der Waals surface area (Å²) in [6.45, 7) is 26.8. The van der Waals surface area contributed by atoms with E-state index in [9.17, 15) is 0 Å². The summed E-state index contributed by atoms with van der Waals surface area (Å²) < 4.78 is 1.72. The van der Waals surface area contributed by atoms with Gasteiger partial charge in [-0.3, -0.25) is 4.98 Å². The van der Waals surface area contributed by atoms with Crippen LogP contribution in [0.2, 0.25) is 0 Å². The van der Waals surface area contributed by atoms with Gasteiger partial charge in [0, 0.05) is 70.9 Å². The third kappa shape index (κ3) is 10.3. The Hall–Kier alpha value is -6.55. The molecule has 3 heterocycles. The lowest BCUT2D eigenvalue weighted by atomic mass is 9.73. The summed E-state index contributed by atoms with van der Waals surface area (Å²) in [6, 6.07) is 19.9. The van der Waals surface area contributed by atoms with Crippen molar-refractivity contribution in [3.8, 4) is 11.3 Å². The first-order valence-electron chi connectivity index (χ1n) is 17.4. The molecule has 0 amide bonds. The Labute approximate surface area is 312 Å². The number of rotatable bonds is 13. The van der Waals surface area contributed by atoms with Gasteiger partial charge in [-0.05, 0) is 103 Å². The van der Waals surface area contributed by atoms with Crippen LogP contribution >= 0.6 is 0 Å². The van der Waals surface area contributed by atoms with Crippen LogP contribution in [-0.4, -0.2) is 29.9 Å². The summed E-state index contributed by atoms with van der Waals surface area (Å²) in [5.74, 6) is 0.516. The third-order valence-electron chi connectivity index (χ3n) is 8.62. The van der Waals surface area contributed by atoms with Crippen molar-refractivity contribution in [2.24, 2.45) is 11.1 Å². The van der Waals surface area contributed by atoms with E-state index in [2.05, 4.69) is 99.2 Å². The maximum atomic E-state index is 5.75. The van der Waals surface area contributed by atoms with Crippen molar-refractivity contribution in [3.05, 3.63) is 170 Å². The van der Waals surface area contributed by atoms with Crippen molar-refractivity contribution in [1.82, 2.24) is 29.9 Å². The molecule has 270 valence electrons. The first kappa shape index (κ1) is 37.7. The molecule has 0 saturated heterocycles. The number of anilines is 4. The van der Waals surface area contributed by atoms with E-state index in [-0.39, 0.29) is 5.41 Å². The van der Waals surface area contributed by atoms with E-state index >= 15 is 0 Å². The minimum absolute atomic E-state index is 0.123. The van der Waals surface area contributed by atoms with Crippen molar-refractivity contribution in [1.29, 1.82) is 0 Å². The van der Waals surface area contributed by atoms with Gasteiger partial charge in [-0.2, -0.15) is 0 Å². The van der Waals surface area contributed by atoms with Gasteiger partial charge in [0.15, 0.2) is 0 Å². The quantitative estimate of drug-likeness (QED) is 0.0886. The smallest absolute Gasteiger partial charge is 0.227 e. The highest BCUT2D eigenvalue weighted by molar-refractivity contribution is 5.78. The molecular weight excluding hydrogens is 657 g/mol. The van der Waals surface area contributed by atoms with Crippen molar-refractivity contribution in [2.75, 3.05) is 16.0 Å². The molecule has 5 N–H and O–H groups in total. The molecular formula is C43H48N10. The van der Waals surface area contributed by atoms with E-state index < -0.39 is 0 Å². The Morgan fingerprint density at radius 2 is 1.77 bits per heavy atom. The molecule has 0 saturated carbocycles. The van der Waals surface area contributed by atoms with Crippen molar-refractivity contribution < 1.29 is 0 Å². The number of nitrogens with one attached hydrogen (secondary N) is 3. The second-order valence-electron chi connectivity index (χ2n) is 13.4.